The van der Waals surface area contributed by atoms with Crippen molar-refractivity contribution in [1.29, 1.82) is 0 Å². The number of rotatable bonds is 0. The van der Waals surface area contributed by atoms with Crippen molar-refractivity contribution in [3.05, 3.63) is 24.3 Å². The molecule has 6 N–H and O–H groups in total. The lowest BCUT2D eigenvalue weighted by molar-refractivity contribution is -0.147. The Balaban J connectivity index is 0.0000000905. The van der Waals surface area contributed by atoms with Gasteiger partial charge in [-0.1, -0.05) is 65.8 Å². The van der Waals surface area contributed by atoms with E-state index in [-0.39, 0.29) is 36.6 Å². The highest BCUT2D eigenvalue weighted by Crippen LogP contribution is 2.79. The molecule has 18 unspecified atom stereocenters. The zero-order valence-corrected chi connectivity index (χ0v) is 92.4. The van der Waals surface area contributed by atoms with Crippen LogP contribution in [0.5, 0.6) is 0 Å². The molecule has 6 spiro atoms. The first-order chi connectivity index (χ1) is 69.2. The van der Waals surface area contributed by atoms with E-state index in [1.165, 1.54) is 334 Å². The maximum Gasteiger partial charge on any atom is 0.133 e. The molecule has 0 radical (unpaired) electrons. The number of hydrogen-bond donors (Lipinski definition) is 6. The lowest BCUT2D eigenvalue weighted by Crippen LogP contribution is -2.55. The number of aliphatic hydroxyl groups is 6. The number of carbonyl (C=O) groups is 4. The second kappa shape index (κ2) is 38.4. The zero-order valence-electron chi connectivity index (χ0n) is 92.4. The van der Waals surface area contributed by atoms with Crippen molar-refractivity contribution in [1.82, 2.24) is 0 Å². The van der Waals surface area contributed by atoms with E-state index in [1.54, 1.807) is 11.1 Å². The van der Waals surface area contributed by atoms with E-state index in [9.17, 15) is 49.8 Å². The molecule has 30 saturated carbocycles. The van der Waals surface area contributed by atoms with E-state index in [1.807, 2.05) is 0 Å². The summed E-state index contributed by atoms with van der Waals surface area (Å²) in [6, 6.07) is 0. The number of allylic oxidation sites excluding steroid dienone is 2. The quantitative estimate of drug-likeness (QED) is 0.127. The molecule has 10 nitrogen and oxygen atoms in total. The molecule has 30 aliphatic rings. The van der Waals surface area contributed by atoms with Crippen molar-refractivity contribution in [2.24, 2.45) is 243 Å². The Hall–Kier alpha value is -2.08. The topological polar surface area (TPSA) is 190 Å². The molecule has 30 fully saturated rings. The van der Waals surface area contributed by atoms with Gasteiger partial charge in [0.05, 0.1) is 36.6 Å². The lowest BCUT2D eigenvalue weighted by atomic mass is 9.43. The van der Waals surface area contributed by atoms with Crippen LogP contribution in [0.4, 0.5) is 0 Å². The molecule has 48 atom stereocenters. The molecule has 0 amide bonds. The summed E-state index contributed by atoms with van der Waals surface area (Å²) in [4.78, 5) is 48.6. The number of carbonyl (C=O) groups excluding carboxylic acids is 4. The van der Waals surface area contributed by atoms with Crippen molar-refractivity contribution in [3.8, 4) is 0 Å². The first kappa shape index (κ1) is 102. The van der Waals surface area contributed by atoms with Crippen molar-refractivity contribution in [3.63, 3.8) is 0 Å². The number of aliphatic hydroxyl groups excluding tert-OH is 6. The largest absolute Gasteiger partial charge is 0.393 e. The Morgan fingerprint density at radius 2 is 0.424 bits per heavy atom. The van der Waals surface area contributed by atoms with Crippen LogP contribution in [0.15, 0.2) is 24.3 Å². The monoisotopic (exact) mass is 1980 g/mol. The van der Waals surface area contributed by atoms with Crippen molar-refractivity contribution < 1.29 is 49.8 Å². The van der Waals surface area contributed by atoms with E-state index in [0.717, 1.165) is 306 Å². The first-order valence-corrected chi connectivity index (χ1v) is 64.7. The molecule has 0 aliphatic heterocycles. The lowest BCUT2D eigenvalue weighted by Gasteiger charge is -2.62. The molecule has 30 rings (SSSR count). The van der Waals surface area contributed by atoms with Gasteiger partial charge in [0.25, 0.3) is 0 Å². The third-order valence-electron chi connectivity index (χ3n) is 59.4. The Kier molecular flexibility index (Phi) is 27.3. The fourth-order valence-corrected chi connectivity index (χ4v) is 52.9. The van der Waals surface area contributed by atoms with Crippen molar-refractivity contribution in [2.75, 3.05) is 0 Å². The molecule has 0 aromatic heterocycles. The summed E-state index contributed by atoms with van der Waals surface area (Å²) in [5.74, 6) is 28.3. The predicted octanol–water partition coefficient (Wildman–Crippen LogP) is 30.4. The van der Waals surface area contributed by atoms with Gasteiger partial charge in [-0.15, -0.1) is 0 Å². The van der Waals surface area contributed by atoms with Crippen LogP contribution >= 0.6 is 0 Å². The van der Waals surface area contributed by atoms with Gasteiger partial charge in [0, 0.05) is 51.4 Å². The van der Waals surface area contributed by atoms with Gasteiger partial charge < -0.3 is 30.6 Å². The minimum Gasteiger partial charge on any atom is -0.393 e. The molecule has 0 heterocycles. The Morgan fingerprint density at radius 1 is 0.194 bits per heavy atom. The summed E-state index contributed by atoms with van der Waals surface area (Å²) in [5.41, 5.74) is 9.47. The van der Waals surface area contributed by atoms with Crippen LogP contribution in [0.25, 0.3) is 0 Å². The van der Waals surface area contributed by atoms with E-state index in [0.29, 0.717) is 88.1 Å². The van der Waals surface area contributed by atoms with Crippen LogP contribution in [-0.2, 0) is 19.2 Å². The predicted molar refractivity (Wildman–Crippen MR) is 575 cm³/mol. The van der Waals surface area contributed by atoms with Gasteiger partial charge in [0.15, 0.2) is 0 Å². The molecule has 804 valence electrons. The Labute approximate surface area is 874 Å². The van der Waals surface area contributed by atoms with Gasteiger partial charge in [-0.25, -0.2) is 0 Å². The second-order valence-electron chi connectivity index (χ2n) is 62.5. The van der Waals surface area contributed by atoms with Gasteiger partial charge in [-0.05, 0) is 653 Å². The van der Waals surface area contributed by atoms with E-state index >= 15 is 0 Å². The van der Waals surface area contributed by atoms with E-state index < -0.39 is 0 Å². The molecule has 0 aromatic rings. The molecule has 30 aliphatic carbocycles. The van der Waals surface area contributed by atoms with Gasteiger partial charge >= 0.3 is 0 Å². The van der Waals surface area contributed by atoms with Crippen molar-refractivity contribution in [2.45, 2.75) is 540 Å². The number of hydrogen-bond acceptors (Lipinski definition) is 10. The molecule has 0 aromatic carbocycles. The van der Waals surface area contributed by atoms with Crippen LogP contribution in [0, 0.1) is 243 Å². The molecule has 0 saturated heterocycles. The highest BCUT2D eigenvalue weighted by atomic mass is 16.3. The second-order valence-corrected chi connectivity index (χ2v) is 62.5. The fraction of sp³-hybridized carbons (Fsp3) is 0.940. The van der Waals surface area contributed by atoms with E-state index in [4.69, 9.17) is 0 Å². The van der Waals surface area contributed by atoms with Crippen LogP contribution < -0.4 is 0 Å². The Morgan fingerprint density at radius 3 is 0.701 bits per heavy atom. The summed E-state index contributed by atoms with van der Waals surface area (Å²) in [7, 11) is 0. The molecular formula is C134H208O10. The van der Waals surface area contributed by atoms with Gasteiger partial charge in [-0.3, -0.25) is 19.2 Å². The minimum absolute atomic E-state index is 0.00733. The van der Waals surface area contributed by atoms with Crippen LogP contribution in [0.3, 0.4) is 0 Å². The maximum absolute atomic E-state index is 12.3. The average molecular weight is 1980 g/mol. The SMILES string of the molecule is C=C1CCC[C@]23CCC4C(CC[C@@H]5C[C@H](O)CC[C@]45C)C2CC[C@H]13.C=C1CCC[C@]23CCC4C(CC[C@H]5C[C@H](O)CC[C@]45C)C2CC[C@H]13.C[C@]12CC[C@@H](O)C[C@@H]1CCC1C3CC[C@@H]4CC(=O)CC[C@]34CCC12.C[C@]12CC[C@@H](O)C[C@@H]1CCC1C3CC[C@@H]4CCC(=O)C[C@]34CCC12.C[C@]12CC[C@@H](O)C[C@H]1CCC1C3CC[C@@H]4CC(=O)CC[C@]34CCC12.C[C@]12CC[C@@H](O)C[C@H]1CCC1C3CC[C@@H]4CCC(=O)C[C@]34CCC12. The molecule has 10 heteroatoms. The number of Topliss-reactive ketones (excluding diaryl/α,β-unsaturated/α-hetero) is 4. The number of ketones is 4. The Bertz CT molecular complexity index is 4340. The minimum atomic E-state index is -0.0404. The van der Waals surface area contributed by atoms with Crippen LogP contribution in [-0.4, -0.2) is 90.4 Å². The van der Waals surface area contributed by atoms with E-state index in [2.05, 4.69) is 54.7 Å². The standard InChI is InChI=1S/2C23H36O.4C22H34O2/c2*1-15-4-3-11-23-13-10-20-18(21(23)8-7-19(15)23)6-5-16-14-17(24)9-12-22(16,20)2;2*1-21-10-8-16(23)12-15(21)3-6-18-19(21)9-11-22-13-17(24)5-2-14(22)4-7-20(18)22;2*1-21-9-6-16(23)12-14(21)2-4-18-19(21)8-11-22-10-7-17(24)13-15(22)3-5-20(18)22/h2*16-21,24H,1,3-14H2,2H3;4*14-16,18-20,23H,2-13H2,1H3/t16-,17+,18?,19+,20?,21?,22-,23+;16-,17-,18?,19-,20?,21?,22+,23-;14-,15+,16+,18?,19?,20?,21-,22-;14-,15-,16+,18?,19?,20?,21-,22-;14-,15+,16+,18?,19?,20?,21-,22+;14-,15-,16-,18?,19?,20?,21+,22-/m010001/s1. The zero-order chi connectivity index (χ0) is 99.2. The highest BCUT2D eigenvalue weighted by Gasteiger charge is 2.72. The summed E-state index contributed by atoms with van der Waals surface area (Å²) in [6.07, 6.45) is 91.0. The fourth-order valence-electron chi connectivity index (χ4n) is 52.9. The molecule has 0 bridgehead atoms. The smallest absolute Gasteiger partial charge is 0.133 e. The third-order valence-corrected chi connectivity index (χ3v) is 59.4. The summed E-state index contributed by atoms with van der Waals surface area (Å²) < 4.78 is 0. The molecule has 144 heavy (non-hydrogen) atoms. The summed E-state index contributed by atoms with van der Waals surface area (Å²) >= 11 is 0. The third kappa shape index (κ3) is 16.2. The highest BCUT2D eigenvalue weighted by molar-refractivity contribution is 5.81. The average Bonchev–Trinajstić information content (AvgIpc) is 1.72. The van der Waals surface area contributed by atoms with Crippen LogP contribution in [0.1, 0.15) is 504 Å². The summed E-state index contributed by atoms with van der Waals surface area (Å²) in [6.45, 7) is 24.5. The van der Waals surface area contributed by atoms with Gasteiger partial charge in [-0.2, -0.15) is 0 Å². The first-order valence-electron chi connectivity index (χ1n) is 64.7. The van der Waals surface area contributed by atoms with Gasteiger partial charge in [0.2, 0.25) is 0 Å². The maximum atomic E-state index is 12.3. The molecular weight excluding hydrogens is 1770 g/mol. The van der Waals surface area contributed by atoms with Crippen LogP contribution in [0.2, 0.25) is 0 Å². The summed E-state index contributed by atoms with van der Waals surface area (Å²) in [5, 5.41) is 61.0. The van der Waals surface area contributed by atoms with Gasteiger partial charge in [0.1, 0.15) is 23.1 Å². The number of fused-ring (bicyclic) bond motifs is 24. The normalized spacial score (nSPS) is 56.8. The van der Waals surface area contributed by atoms with Crippen molar-refractivity contribution >= 4 is 23.1 Å².